The summed E-state index contributed by atoms with van der Waals surface area (Å²) in [5, 5.41) is 3.22. The third-order valence-corrected chi connectivity index (χ3v) is 7.88. The smallest absolute Gasteiger partial charge is 0.320 e. The van der Waals surface area contributed by atoms with Gasteiger partial charge in [-0.05, 0) is 42.7 Å². The summed E-state index contributed by atoms with van der Waals surface area (Å²) in [6.07, 6.45) is 4.34. The van der Waals surface area contributed by atoms with E-state index in [1.54, 1.807) is 14.2 Å². The Hall–Kier alpha value is -2.41. The van der Waals surface area contributed by atoms with E-state index in [0.717, 1.165) is 44.5 Å². The van der Waals surface area contributed by atoms with Crippen molar-refractivity contribution < 1.29 is 14.3 Å². The summed E-state index contributed by atoms with van der Waals surface area (Å²) >= 11 is 0. The lowest BCUT2D eigenvalue weighted by Crippen LogP contribution is -2.62. The molecule has 6 heteroatoms. The van der Waals surface area contributed by atoms with Gasteiger partial charge in [0.15, 0.2) is 5.72 Å². The van der Waals surface area contributed by atoms with Crippen molar-refractivity contribution in [2.75, 3.05) is 40.5 Å². The number of amides is 2. The summed E-state index contributed by atoms with van der Waals surface area (Å²) < 4.78 is 11.4. The van der Waals surface area contributed by atoms with Crippen LogP contribution in [-0.2, 0) is 21.6 Å². The molecule has 2 saturated heterocycles. The van der Waals surface area contributed by atoms with Crippen LogP contribution in [0.2, 0.25) is 0 Å². The lowest BCUT2D eigenvalue weighted by atomic mass is 9.77. The molecule has 1 N–H and O–H groups in total. The van der Waals surface area contributed by atoms with E-state index in [2.05, 4.69) is 39.4 Å². The summed E-state index contributed by atoms with van der Waals surface area (Å²) in [7, 11) is 3.26. The zero-order valence-corrected chi connectivity index (χ0v) is 19.7. The van der Waals surface area contributed by atoms with Crippen molar-refractivity contribution in [3.05, 3.63) is 71.3 Å². The number of carbonyl (C=O) groups excluding carboxylic acids is 1. The molecule has 0 bridgehead atoms. The van der Waals surface area contributed by atoms with Crippen LogP contribution >= 0.6 is 0 Å². The molecule has 4 atom stereocenters. The zero-order valence-electron chi connectivity index (χ0n) is 19.7. The molecule has 0 aliphatic carbocycles. The lowest BCUT2D eigenvalue weighted by molar-refractivity contribution is -0.0897. The lowest BCUT2D eigenvalue weighted by Gasteiger charge is -2.52. The fourth-order valence-corrected chi connectivity index (χ4v) is 6.22. The quantitative estimate of drug-likeness (QED) is 0.703. The van der Waals surface area contributed by atoms with Gasteiger partial charge in [-0.1, -0.05) is 54.6 Å². The number of nitrogens with one attached hydrogen (secondary N) is 1. The van der Waals surface area contributed by atoms with Crippen LogP contribution in [0, 0.1) is 5.92 Å². The van der Waals surface area contributed by atoms with E-state index in [0.29, 0.717) is 12.0 Å². The largest absolute Gasteiger partial charge is 0.379 e. The monoisotopic (exact) mass is 449 g/mol. The highest BCUT2D eigenvalue weighted by atomic mass is 16.5. The number of ether oxygens (including phenoxy) is 2. The molecule has 0 saturated carbocycles. The number of fused-ring (bicyclic) bond motifs is 4. The van der Waals surface area contributed by atoms with Crippen molar-refractivity contribution in [2.24, 2.45) is 5.92 Å². The molecule has 0 aromatic heterocycles. The van der Waals surface area contributed by atoms with Crippen LogP contribution in [0.25, 0.3) is 0 Å². The number of urea groups is 1. The minimum Gasteiger partial charge on any atom is -0.379 e. The normalized spacial score (nSPS) is 26.5. The highest BCUT2D eigenvalue weighted by molar-refractivity contribution is 5.76. The predicted molar refractivity (Wildman–Crippen MR) is 128 cm³/mol. The van der Waals surface area contributed by atoms with Crippen LogP contribution in [0.15, 0.2) is 54.6 Å². The van der Waals surface area contributed by atoms with E-state index in [-0.39, 0.29) is 18.7 Å². The van der Waals surface area contributed by atoms with Crippen molar-refractivity contribution in [3.8, 4) is 0 Å². The molecule has 0 spiro atoms. The Kier molecular flexibility index (Phi) is 6.41. The average Bonchev–Trinajstić information content (AvgIpc) is 2.87. The van der Waals surface area contributed by atoms with E-state index in [1.807, 2.05) is 30.3 Å². The first-order valence-electron chi connectivity index (χ1n) is 12.2. The fraction of sp³-hybridized carbons (Fsp3) is 0.519. The Morgan fingerprint density at radius 2 is 1.88 bits per heavy atom. The maximum Gasteiger partial charge on any atom is 0.320 e. The van der Waals surface area contributed by atoms with Gasteiger partial charge >= 0.3 is 6.03 Å². The van der Waals surface area contributed by atoms with Crippen molar-refractivity contribution in [1.82, 2.24) is 15.1 Å². The molecular weight excluding hydrogens is 414 g/mol. The molecular formula is C27H35N3O3. The van der Waals surface area contributed by atoms with Gasteiger partial charge in [0.05, 0.1) is 6.61 Å². The molecule has 3 aliphatic rings. The number of benzene rings is 2. The second kappa shape index (κ2) is 9.45. The number of rotatable bonds is 5. The molecule has 3 aliphatic heterocycles. The van der Waals surface area contributed by atoms with Crippen LogP contribution in [-0.4, -0.2) is 62.3 Å². The van der Waals surface area contributed by atoms with Crippen molar-refractivity contribution in [1.29, 1.82) is 0 Å². The van der Waals surface area contributed by atoms with Gasteiger partial charge in [0.1, 0.15) is 0 Å². The molecule has 2 aromatic carbocycles. The Labute approximate surface area is 196 Å². The molecule has 2 amide bonds. The van der Waals surface area contributed by atoms with Gasteiger partial charge in [0.2, 0.25) is 0 Å². The Bertz CT molecular complexity index is 968. The number of likely N-dealkylation sites (tertiary alicyclic amines) is 1. The highest BCUT2D eigenvalue weighted by Gasteiger charge is 2.45. The molecule has 0 unspecified atom stereocenters. The molecule has 0 radical (unpaired) electrons. The van der Waals surface area contributed by atoms with Gasteiger partial charge in [0.25, 0.3) is 0 Å². The first-order chi connectivity index (χ1) is 16.1. The minimum atomic E-state index is -1.02. The molecule has 2 aromatic rings. The van der Waals surface area contributed by atoms with E-state index in [1.165, 1.54) is 17.5 Å². The number of hydrogen-bond donors (Lipinski definition) is 1. The summed E-state index contributed by atoms with van der Waals surface area (Å²) in [5.74, 6) is 0.516. The van der Waals surface area contributed by atoms with E-state index in [4.69, 9.17) is 9.47 Å². The topological polar surface area (TPSA) is 54.0 Å². The van der Waals surface area contributed by atoms with Gasteiger partial charge in [-0.15, -0.1) is 0 Å². The van der Waals surface area contributed by atoms with Crippen molar-refractivity contribution in [3.63, 3.8) is 0 Å². The van der Waals surface area contributed by atoms with E-state index >= 15 is 0 Å². The van der Waals surface area contributed by atoms with Crippen LogP contribution in [0.3, 0.4) is 0 Å². The number of nitrogens with zero attached hydrogens (tertiary/aromatic N) is 2. The highest BCUT2D eigenvalue weighted by Crippen LogP contribution is 2.43. The minimum absolute atomic E-state index is 0.0648. The number of carbonyl (C=O) groups is 1. The molecule has 6 nitrogen and oxygen atoms in total. The van der Waals surface area contributed by atoms with Crippen LogP contribution in [0.1, 0.15) is 42.0 Å². The number of hydrogen-bond acceptors (Lipinski definition) is 4. The van der Waals surface area contributed by atoms with Crippen molar-refractivity contribution >= 4 is 6.03 Å². The molecule has 176 valence electrons. The molecule has 5 rings (SSSR count). The second-order valence-electron chi connectivity index (χ2n) is 9.62. The summed E-state index contributed by atoms with van der Waals surface area (Å²) in [6, 6.07) is 19.2. The Balaban J connectivity index is 1.39. The van der Waals surface area contributed by atoms with Crippen molar-refractivity contribution in [2.45, 2.75) is 43.5 Å². The van der Waals surface area contributed by atoms with Crippen LogP contribution < -0.4 is 5.32 Å². The standard InChI is InChI=1S/C27H35N3O3/c1-32-19-27(33-2,22-11-4-3-5-12-22)28-26(31)30-15-8-10-21-18-29-16-14-20-9-6-7-13-23(20)25(29)17-24(21)30/h3-7,9,11-13,21,24-25H,8,10,14-19H2,1-2H3,(H,28,31)/t21-,24-,25-,27-/m0/s1. The van der Waals surface area contributed by atoms with Crippen LogP contribution in [0.5, 0.6) is 0 Å². The summed E-state index contributed by atoms with van der Waals surface area (Å²) in [5.41, 5.74) is 2.78. The number of methoxy groups -OCH3 is 2. The predicted octanol–water partition coefficient (Wildman–Crippen LogP) is 3.93. The Morgan fingerprint density at radius 3 is 2.67 bits per heavy atom. The molecule has 3 heterocycles. The first-order valence-corrected chi connectivity index (χ1v) is 12.2. The van der Waals surface area contributed by atoms with Crippen LogP contribution in [0.4, 0.5) is 4.79 Å². The number of piperidine rings is 2. The average molecular weight is 450 g/mol. The fourth-order valence-electron chi connectivity index (χ4n) is 6.22. The maximum atomic E-state index is 13.7. The van der Waals surface area contributed by atoms with E-state index < -0.39 is 5.72 Å². The van der Waals surface area contributed by atoms with Gasteiger partial charge in [-0.3, -0.25) is 4.90 Å². The van der Waals surface area contributed by atoms with E-state index in [9.17, 15) is 4.79 Å². The zero-order chi connectivity index (χ0) is 22.8. The maximum absolute atomic E-state index is 13.7. The van der Waals surface area contributed by atoms with Gasteiger partial charge in [-0.2, -0.15) is 0 Å². The van der Waals surface area contributed by atoms with Gasteiger partial charge in [0, 0.05) is 51.5 Å². The van der Waals surface area contributed by atoms with Gasteiger partial charge < -0.3 is 19.7 Å². The third kappa shape index (κ3) is 4.16. The van der Waals surface area contributed by atoms with Gasteiger partial charge in [-0.25, -0.2) is 4.79 Å². The summed E-state index contributed by atoms with van der Waals surface area (Å²) in [6.45, 7) is 3.21. The Morgan fingerprint density at radius 1 is 1.09 bits per heavy atom. The summed E-state index contributed by atoms with van der Waals surface area (Å²) in [4.78, 5) is 18.5. The molecule has 2 fully saturated rings. The molecule has 33 heavy (non-hydrogen) atoms. The SMILES string of the molecule is COC[C@](NC(=O)N1CCC[C@H]2CN3CCc4ccccc4[C@@H]3C[C@@H]21)(OC)c1ccccc1. The first kappa shape index (κ1) is 22.4. The second-order valence-corrected chi connectivity index (χ2v) is 9.62. The third-order valence-electron chi connectivity index (χ3n) is 7.88.